The van der Waals surface area contributed by atoms with Crippen LogP contribution in [0.1, 0.15) is 59.3 Å². The number of ether oxygens (including phenoxy) is 2. The zero-order valence-electron chi connectivity index (χ0n) is 12.7. The third kappa shape index (κ3) is 9.31. The second-order valence-corrected chi connectivity index (χ2v) is 4.84. The Hall–Kier alpha value is -1.27. The number of carbonyl (C=O) groups is 2. The molecule has 0 heterocycles. The van der Waals surface area contributed by atoms with E-state index in [0.29, 0.717) is 6.42 Å². The van der Waals surface area contributed by atoms with E-state index in [-0.39, 0.29) is 25.4 Å². The number of hydrogen-bond donors (Lipinski definition) is 0. The van der Waals surface area contributed by atoms with Gasteiger partial charge in [-0.25, -0.2) is 0 Å². The maximum Gasteiger partial charge on any atom is 0.425 e. The summed E-state index contributed by atoms with van der Waals surface area (Å²) in [7, 11) is 0. The lowest BCUT2D eigenvalue weighted by Gasteiger charge is -2.16. The third-order valence-corrected chi connectivity index (χ3v) is 2.90. The molecular weight excluding hydrogens is 289 g/mol. The first kappa shape index (κ1) is 19.7. The lowest BCUT2D eigenvalue weighted by Crippen LogP contribution is -2.30. The van der Waals surface area contributed by atoms with Crippen LogP contribution in [0, 0.1) is 0 Å². The normalized spacial score (nSPS) is 14.4. The molecule has 0 fully saturated rings. The average Bonchev–Trinajstić information content (AvgIpc) is 2.36. The van der Waals surface area contributed by atoms with Gasteiger partial charge in [0.1, 0.15) is 6.10 Å². The van der Waals surface area contributed by atoms with Gasteiger partial charge in [-0.15, -0.1) is 0 Å². The lowest BCUT2D eigenvalue weighted by atomic mass is 10.1. The SMILES string of the molecule is CCCC(CC)OC(=O)CCCC(=O)OC(C)C(F)(F)F. The van der Waals surface area contributed by atoms with Crippen LogP contribution in [0.3, 0.4) is 0 Å². The van der Waals surface area contributed by atoms with Gasteiger partial charge in [0.25, 0.3) is 0 Å². The van der Waals surface area contributed by atoms with Crippen LogP contribution < -0.4 is 0 Å². The van der Waals surface area contributed by atoms with Crippen molar-refractivity contribution in [3.63, 3.8) is 0 Å². The number of rotatable bonds is 9. The predicted molar refractivity (Wildman–Crippen MR) is 70.5 cm³/mol. The van der Waals surface area contributed by atoms with Gasteiger partial charge in [-0.05, 0) is 26.2 Å². The summed E-state index contributed by atoms with van der Waals surface area (Å²) in [4.78, 5) is 22.7. The summed E-state index contributed by atoms with van der Waals surface area (Å²) in [5.74, 6) is -1.40. The number of halogens is 3. The Morgan fingerprint density at radius 1 is 1.05 bits per heavy atom. The summed E-state index contributed by atoms with van der Waals surface area (Å²) in [6.07, 6.45) is -4.58. The molecule has 0 radical (unpaired) electrons. The molecule has 0 aromatic carbocycles. The van der Waals surface area contributed by atoms with Gasteiger partial charge in [0.15, 0.2) is 6.10 Å². The molecule has 0 aliphatic rings. The van der Waals surface area contributed by atoms with E-state index < -0.39 is 24.2 Å². The van der Waals surface area contributed by atoms with E-state index in [0.717, 1.165) is 19.8 Å². The summed E-state index contributed by atoms with van der Waals surface area (Å²) in [5, 5.41) is 0. The summed E-state index contributed by atoms with van der Waals surface area (Å²) >= 11 is 0. The van der Waals surface area contributed by atoms with Gasteiger partial charge in [0.05, 0.1) is 0 Å². The lowest BCUT2D eigenvalue weighted by molar-refractivity contribution is -0.216. The van der Waals surface area contributed by atoms with Gasteiger partial charge < -0.3 is 9.47 Å². The fourth-order valence-electron chi connectivity index (χ4n) is 1.61. The zero-order chi connectivity index (χ0) is 16.5. The molecule has 0 N–H and O–H groups in total. The number of alkyl halides is 3. The van der Waals surface area contributed by atoms with Gasteiger partial charge in [-0.3, -0.25) is 9.59 Å². The molecule has 0 saturated carbocycles. The van der Waals surface area contributed by atoms with Crippen molar-refractivity contribution in [2.24, 2.45) is 0 Å². The Morgan fingerprint density at radius 3 is 2.00 bits per heavy atom. The molecule has 2 unspecified atom stereocenters. The average molecular weight is 312 g/mol. The predicted octanol–water partition coefficient (Wildman–Crippen LogP) is 3.77. The molecule has 0 aliphatic heterocycles. The number of esters is 2. The number of carbonyl (C=O) groups excluding carboxylic acids is 2. The van der Waals surface area contributed by atoms with Gasteiger partial charge in [0, 0.05) is 12.8 Å². The highest BCUT2D eigenvalue weighted by atomic mass is 19.4. The van der Waals surface area contributed by atoms with Crippen molar-refractivity contribution >= 4 is 11.9 Å². The van der Waals surface area contributed by atoms with Crippen molar-refractivity contribution in [1.29, 1.82) is 0 Å². The Bertz CT molecular complexity index is 329. The molecule has 0 aliphatic carbocycles. The summed E-state index contributed by atoms with van der Waals surface area (Å²) < 4.78 is 45.9. The van der Waals surface area contributed by atoms with E-state index in [2.05, 4.69) is 4.74 Å². The van der Waals surface area contributed by atoms with Crippen LogP contribution in [0.25, 0.3) is 0 Å². The third-order valence-electron chi connectivity index (χ3n) is 2.90. The minimum atomic E-state index is -4.57. The maximum absolute atomic E-state index is 12.2. The van der Waals surface area contributed by atoms with Crippen LogP contribution in [0.2, 0.25) is 0 Å². The van der Waals surface area contributed by atoms with E-state index in [9.17, 15) is 22.8 Å². The summed E-state index contributed by atoms with van der Waals surface area (Å²) in [6, 6.07) is 0. The van der Waals surface area contributed by atoms with Gasteiger partial charge in [0.2, 0.25) is 0 Å². The molecule has 0 amide bonds. The van der Waals surface area contributed by atoms with E-state index in [4.69, 9.17) is 4.74 Å². The van der Waals surface area contributed by atoms with Crippen molar-refractivity contribution in [2.45, 2.75) is 77.7 Å². The molecule has 0 spiro atoms. The van der Waals surface area contributed by atoms with Crippen molar-refractivity contribution in [1.82, 2.24) is 0 Å². The van der Waals surface area contributed by atoms with Gasteiger partial charge in [-0.1, -0.05) is 20.3 Å². The van der Waals surface area contributed by atoms with Crippen LogP contribution in [-0.4, -0.2) is 30.3 Å². The van der Waals surface area contributed by atoms with Crippen LogP contribution in [0.15, 0.2) is 0 Å². The second-order valence-electron chi connectivity index (χ2n) is 4.84. The van der Waals surface area contributed by atoms with Crippen molar-refractivity contribution in [3.8, 4) is 0 Å². The first-order chi connectivity index (χ1) is 9.70. The fraction of sp³-hybridized carbons (Fsp3) is 0.857. The molecule has 0 saturated heterocycles. The molecule has 2 atom stereocenters. The smallest absolute Gasteiger partial charge is 0.425 e. The van der Waals surface area contributed by atoms with E-state index in [1.165, 1.54) is 0 Å². The zero-order valence-corrected chi connectivity index (χ0v) is 12.7. The quantitative estimate of drug-likeness (QED) is 0.608. The molecule has 7 heteroatoms. The standard InChI is InChI=1S/C14H23F3O4/c1-4-7-11(5-2)21-13(19)9-6-8-12(18)20-10(3)14(15,16)17/h10-11H,4-9H2,1-3H3. The Labute approximate surface area is 123 Å². The van der Waals surface area contributed by atoms with E-state index in [1.807, 2.05) is 13.8 Å². The van der Waals surface area contributed by atoms with Crippen molar-refractivity contribution < 1.29 is 32.2 Å². The van der Waals surface area contributed by atoms with E-state index >= 15 is 0 Å². The monoisotopic (exact) mass is 312 g/mol. The Kier molecular flexibility index (Phi) is 9.05. The highest BCUT2D eigenvalue weighted by molar-refractivity contribution is 5.72. The molecule has 0 rings (SSSR count). The van der Waals surface area contributed by atoms with Crippen LogP contribution in [-0.2, 0) is 19.1 Å². The second kappa shape index (κ2) is 9.63. The molecule has 0 aromatic heterocycles. The van der Waals surface area contributed by atoms with Crippen LogP contribution in [0.4, 0.5) is 13.2 Å². The van der Waals surface area contributed by atoms with Crippen LogP contribution in [0.5, 0.6) is 0 Å². The Morgan fingerprint density at radius 2 is 1.57 bits per heavy atom. The minimum Gasteiger partial charge on any atom is -0.462 e. The largest absolute Gasteiger partial charge is 0.462 e. The molecule has 21 heavy (non-hydrogen) atoms. The van der Waals surface area contributed by atoms with Gasteiger partial charge in [-0.2, -0.15) is 13.2 Å². The molecule has 124 valence electrons. The van der Waals surface area contributed by atoms with E-state index in [1.54, 1.807) is 0 Å². The molecule has 4 nitrogen and oxygen atoms in total. The first-order valence-electron chi connectivity index (χ1n) is 7.16. The summed E-state index contributed by atoms with van der Waals surface area (Å²) in [5.41, 5.74) is 0. The van der Waals surface area contributed by atoms with Gasteiger partial charge >= 0.3 is 18.1 Å². The molecule has 0 aromatic rings. The minimum absolute atomic E-state index is 0.00425. The topological polar surface area (TPSA) is 52.6 Å². The molecular formula is C14H23F3O4. The molecule has 0 bridgehead atoms. The highest BCUT2D eigenvalue weighted by Gasteiger charge is 2.38. The Balaban J connectivity index is 3.93. The summed E-state index contributed by atoms with van der Waals surface area (Å²) in [6.45, 7) is 4.65. The fourth-order valence-corrected chi connectivity index (χ4v) is 1.61. The highest BCUT2D eigenvalue weighted by Crippen LogP contribution is 2.22. The first-order valence-corrected chi connectivity index (χ1v) is 7.16. The van der Waals surface area contributed by atoms with Crippen molar-refractivity contribution in [2.75, 3.05) is 0 Å². The van der Waals surface area contributed by atoms with Crippen molar-refractivity contribution in [3.05, 3.63) is 0 Å². The maximum atomic E-state index is 12.2. The van der Waals surface area contributed by atoms with Crippen LogP contribution >= 0.6 is 0 Å². The number of hydrogen-bond acceptors (Lipinski definition) is 4.